The normalized spacial score (nSPS) is 11.2. The number of aryl methyl sites for hydroxylation is 2. The quantitative estimate of drug-likeness (QED) is 0.407. The van der Waals surface area contributed by atoms with E-state index in [-0.39, 0.29) is 0 Å². The monoisotopic (exact) mass is 429 g/mol. The molecule has 5 aromatic rings. The Morgan fingerprint density at radius 3 is 2.81 bits per heavy atom. The van der Waals surface area contributed by atoms with E-state index in [1.807, 2.05) is 68.6 Å². The summed E-state index contributed by atoms with van der Waals surface area (Å²) in [5.41, 5.74) is 7.15. The standard InChI is InChI=1S/C23H20ClN7/c1-14-6-8-17(10-18(14)24)25-11-20-29-22(16-7-9-21-26-13-27-31(21)12-16)23(30-20)19-5-3-4-15(2)28-19/h3-10,12-13,25H,11H2,1-2H3,(H,29,30). The maximum atomic E-state index is 6.25. The molecule has 0 bridgehead atoms. The highest BCUT2D eigenvalue weighted by molar-refractivity contribution is 6.31. The number of hydrogen-bond donors (Lipinski definition) is 2. The van der Waals surface area contributed by atoms with Gasteiger partial charge in [0.25, 0.3) is 0 Å². The average molecular weight is 430 g/mol. The number of rotatable bonds is 5. The minimum absolute atomic E-state index is 0.518. The van der Waals surface area contributed by atoms with Crippen molar-refractivity contribution in [1.82, 2.24) is 29.5 Å². The predicted molar refractivity (Wildman–Crippen MR) is 122 cm³/mol. The van der Waals surface area contributed by atoms with Crippen molar-refractivity contribution < 1.29 is 0 Å². The molecule has 0 aliphatic rings. The smallest absolute Gasteiger partial charge is 0.155 e. The zero-order chi connectivity index (χ0) is 21.4. The number of imidazole rings is 1. The molecule has 4 heterocycles. The summed E-state index contributed by atoms with van der Waals surface area (Å²) in [5, 5.41) is 8.36. The van der Waals surface area contributed by atoms with Gasteiger partial charge in [0.2, 0.25) is 0 Å². The zero-order valence-corrected chi connectivity index (χ0v) is 17.9. The number of anilines is 1. The van der Waals surface area contributed by atoms with Gasteiger partial charge in [-0.3, -0.25) is 4.98 Å². The molecule has 0 aliphatic heterocycles. The molecule has 8 heteroatoms. The van der Waals surface area contributed by atoms with Crippen LogP contribution in [0.25, 0.3) is 28.3 Å². The second kappa shape index (κ2) is 7.85. The number of halogens is 1. The zero-order valence-electron chi connectivity index (χ0n) is 17.1. The number of hydrogen-bond acceptors (Lipinski definition) is 5. The van der Waals surface area contributed by atoms with Crippen molar-refractivity contribution >= 4 is 22.9 Å². The largest absolute Gasteiger partial charge is 0.378 e. The van der Waals surface area contributed by atoms with E-state index >= 15 is 0 Å². The summed E-state index contributed by atoms with van der Waals surface area (Å²) in [5.74, 6) is 0.795. The molecule has 0 saturated heterocycles. The number of H-pyrrole nitrogens is 1. The van der Waals surface area contributed by atoms with Gasteiger partial charge < -0.3 is 10.3 Å². The SMILES string of the molecule is Cc1cccc(-c2[nH]c(CNc3ccc(C)c(Cl)c3)nc2-c2ccc3ncnn3c2)n1. The van der Waals surface area contributed by atoms with E-state index in [9.17, 15) is 0 Å². The Morgan fingerprint density at radius 1 is 1.06 bits per heavy atom. The third-order valence-corrected chi connectivity index (χ3v) is 5.48. The van der Waals surface area contributed by atoms with Crippen molar-refractivity contribution in [3.8, 4) is 22.6 Å². The molecule has 0 fully saturated rings. The molecule has 5 rings (SSSR count). The Labute approximate surface area is 184 Å². The first-order valence-electron chi connectivity index (χ1n) is 9.89. The van der Waals surface area contributed by atoms with Crippen LogP contribution in [0.3, 0.4) is 0 Å². The molecule has 7 nitrogen and oxygen atoms in total. The van der Waals surface area contributed by atoms with E-state index in [0.717, 1.165) is 56.1 Å². The second-order valence-corrected chi connectivity index (χ2v) is 7.78. The van der Waals surface area contributed by atoms with Crippen molar-refractivity contribution in [2.75, 3.05) is 5.32 Å². The van der Waals surface area contributed by atoms with Gasteiger partial charge >= 0.3 is 0 Å². The predicted octanol–water partition coefficient (Wildman–Crippen LogP) is 5.06. The first-order valence-corrected chi connectivity index (χ1v) is 10.3. The van der Waals surface area contributed by atoms with Crippen molar-refractivity contribution in [2.24, 2.45) is 0 Å². The number of aromatic amines is 1. The van der Waals surface area contributed by atoms with E-state index in [4.69, 9.17) is 21.6 Å². The van der Waals surface area contributed by atoms with E-state index in [2.05, 4.69) is 20.4 Å². The van der Waals surface area contributed by atoms with Crippen LogP contribution in [0, 0.1) is 13.8 Å². The minimum Gasteiger partial charge on any atom is -0.378 e. The number of pyridine rings is 2. The van der Waals surface area contributed by atoms with Gasteiger partial charge in [-0.2, -0.15) is 5.10 Å². The first kappa shape index (κ1) is 19.3. The number of nitrogens with zero attached hydrogens (tertiary/aromatic N) is 5. The Kier molecular flexibility index (Phi) is 4.88. The number of benzene rings is 1. The fraction of sp³-hybridized carbons (Fsp3) is 0.130. The van der Waals surface area contributed by atoms with Crippen LogP contribution >= 0.6 is 11.6 Å². The van der Waals surface area contributed by atoms with Crippen LogP contribution in [-0.4, -0.2) is 29.5 Å². The molecule has 1 aromatic carbocycles. The van der Waals surface area contributed by atoms with Gasteiger partial charge in [0.05, 0.1) is 23.6 Å². The Morgan fingerprint density at radius 2 is 1.97 bits per heavy atom. The molecule has 154 valence electrons. The van der Waals surface area contributed by atoms with Crippen LogP contribution in [0.4, 0.5) is 5.69 Å². The number of fused-ring (bicyclic) bond motifs is 1. The Balaban J connectivity index is 1.53. The number of aromatic nitrogens is 6. The summed E-state index contributed by atoms with van der Waals surface area (Å²) in [7, 11) is 0. The average Bonchev–Trinajstić information content (AvgIpc) is 3.41. The van der Waals surface area contributed by atoms with Gasteiger partial charge in [-0.05, 0) is 55.8 Å². The van der Waals surface area contributed by atoms with E-state index in [1.54, 1.807) is 4.52 Å². The highest BCUT2D eigenvalue weighted by atomic mass is 35.5. The van der Waals surface area contributed by atoms with Gasteiger partial charge in [-0.15, -0.1) is 0 Å². The van der Waals surface area contributed by atoms with E-state index in [0.29, 0.717) is 6.54 Å². The van der Waals surface area contributed by atoms with Gasteiger partial charge in [0.1, 0.15) is 12.2 Å². The summed E-state index contributed by atoms with van der Waals surface area (Å²) in [6.45, 7) is 4.48. The van der Waals surface area contributed by atoms with Crippen LogP contribution < -0.4 is 5.32 Å². The summed E-state index contributed by atoms with van der Waals surface area (Å²) < 4.78 is 1.74. The molecule has 0 saturated carbocycles. The second-order valence-electron chi connectivity index (χ2n) is 7.37. The molecule has 0 spiro atoms. The summed E-state index contributed by atoms with van der Waals surface area (Å²) in [6.07, 6.45) is 3.46. The van der Waals surface area contributed by atoms with Gasteiger partial charge in [-0.1, -0.05) is 23.7 Å². The van der Waals surface area contributed by atoms with Gasteiger partial charge in [0, 0.05) is 28.2 Å². The summed E-state index contributed by atoms with van der Waals surface area (Å²) in [6, 6.07) is 15.8. The molecule has 0 aliphatic carbocycles. The highest BCUT2D eigenvalue weighted by Crippen LogP contribution is 2.30. The summed E-state index contributed by atoms with van der Waals surface area (Å²) in [4.78, 5) is 17.2. The molecule has 0 radical (unpaired) electrons. The maximum absolute atomic E-state index is 6.25. The minimum atomic E-state index is 0.518. The molecule has 0 unspecified atom stereocenters. The van der Waals surface area contributed by atoms with Crippen LogP contribution in [0.5, 0.6) is 0 Å². The maximum Gasteiger partial charge on any atom is 0.155 e. The fourth-order valence-electron chi connectivity index (χ4n) is 3.43. The van der Waals surface area contributed by atoms with Crippen LogP contribution in [0.15, 0.2) is 61.1 Å². The molecular formula is C23H20ClN7. The lowest BCUT2D eigenvalue weighted by Crippen LogP contribution is -2.01. The first-order chi connectivity index (χ1) is 15.1. The van der Waals surface area contributed by atoms with Crippen LogP contribution in [-0.2, 0) is 6.54 Å². The Bertz CT molecular complexity index is 1390. The molecule has 4 aromatic heterocycles. The molecule has 2 N–H and O–H groups in total. The molecular weight excluding hydrogens is 410 g/mol. The topological polar surface area (TPSA) is 83.8 Å². The number of nitrogens with one attached hydrogen (secondary N) is 2. The fourth-order valence-corrected chi connectivity index (χ4v) is 3.61. The van der Waals surface area contributed by atoms with Crippen molar-refractivity contribution in [2.45, 2.75) is 20.4 Å². The van der Waals surface area contributed by atoms with Crippen molar-refractivity contribution in [3.63, 3.8) is 0 Å². The van der Waals surface area contributed by atoms with Crippen molar-refractivity contribution in [1.29, 1.82) is 0 Å². The van der Waals surface area contributed by atoms with Gasteiger partial charge in [-0.25, -0.2) is 14.5 Å². The van der Waals surface area contributed by atoms with Crippen LogP contribution in [0.2, 0.25) is 5.02 Å². The third-order valence-electron chi connectivity index (χ3n) is 5.08. The Hall–Kier alpha value is -3.71. The van der Waals surface area contributed by atoms with Crippen LogP contribution in [0.1, 0.15) is 17.1 Å². The lowest BCUT2D eigenvalue weighted by atomic mass is 10.1. The lowest BCUT2D eigenvalue weighted by molar-refractivity contribution is 0.960. The molecule has 31 heavy (non-hydrogen) atoms. The van der Waals surface area contributed by atoms with E-state index < -0.39 is 0 Å². The molecule has 0 atom stereocenters. The molecule has 0 amide bonds. The lowest BCUT2D eigenvalue weighted by Gasteiger charge is -2.06. The third kappa shape index (κ3) is 3.87. The summed E-state index contributed by atoms with van der Waals surface area (Å²) >= 11 is 6.25. The van der Waals surface area contributed by atoms with Gasteiger partial charge in [0.15, 0.2) is 5.65 Å². The van der Waals surface area contributed by atoms with E-state index in [1.165, 1.54) is 6.33 Å². The van der Waals surface area contributed by atoms with Crippen molar-refractivity contribution in [3.05, 3.63) is 83.2 Å². The highest BCUT2D eigenvalue weighted by Gasteiger charge is 2.16.